The van der Waals surface area contributed by atoms with Crippen molar-refractivity contribution in [3.63, 3.8) is 0 Å². The van der Waals surface area contributed by atoms with Gasteiger partial charge in [-0.3, -0.25) is 0 Å². The summed E-state index contributed by atoms with van der Waals surface area (Å²) >= 11 is 0. The quantitative estimate of drug-likeness (QED) is 0.142. The third-order valence-corrected chi connectivity index (χ3v) is 4.83. The smallest absolute Gasteiger partial charge is 0.122 e. The second-order valence-electron chi connectivity index (χ2n) is 7.64. The van der Waals surface area contributed by atoms with Gasteiger partial charge in [-0.15, -0.1) is 13.2 Å². The van der Waals surface area contributed by atoms with E-state index >= 15 is 0 Å². The van der Waals surface area contributed by atoms with Crippen molar-refractivity contribution in [2.45, 2.75) is 32.1 Å². The second kappa shape index (κ2) is 14.4. The third-order valence-electron chi connectivity index (χ3n) is 4.83. The number of hydrogen-bond acceptors (Lipinski definition) is 4. The van der Waals surface area contributed by atoms with Gasteiger partial charge in [-0.1, -0.05) is 56.9 Å². The van der Waals surface area contributed by atoms with E-state index in [1.54, 1.807) is 20.3 Å². The van der Waals surface area contributed by atoms with Gasteiger partial charge in [0.2, 0.25) is 0 Å². The minimum Gasteiger partial charge on any atom is -0.491 e. The molecular formula is C27H38O4. The highest BCUT2D eigenvalue weighted by Crippen LogP contribution is 2.31. The van der Waals surface area contributed by atoms with E-state index in [4.69, 9.17) is 18.9 Å². The van der Waals surface area contributed by atoms with E-state index < -0.39 is 0 Å². The van der Waals surface area contributed by atoms with E-state index in [0.29, 0.717) is 32.8 Å². The summed E-state index contributed by atoms with van der Waals surface area (Å²) in [6.45, 7) is 18.1. The van der Waals surface area contributed by atoms with Crippen LogP contribution in [0.25, 0.3) is 0 Å². The van der Waals surface area contributed by atoms with Gasteiger partial charge >= 0.3 is 0 Å². The zero-order valence-electron chi connectivity index (χ0n) is 19.6. The molecule has 0 radical (unpaired) electrons. The molecular weight excluding hydrogens is 388 g/mol. The van der Waals surface area contributed by atoms with E-state index in [1.807, 2.05) is 18.2 Å². The van der Waals surface area contributed by atoms with Crippen molar-refractivity contribution >= 4 is 0 Å². The summed E-state index contributed by atoms with van der Waals surface area (Å²) in [5.41, 5.74) is 3.13. The Morgan fingerprint density at radius 1 is 0.968 bits per heavy atom. The van der Waals surface area contributed by atoms with Crippen LogP contribution < -0.4 is 4.74 Å². The van der Waals surface area contributed by atoms with Crippen LogP contribution in [0.5, 0.6) is 5.75 Å². The molecule has 1 aromatic rings. The second-order valence-corrected chi connectivity index (χ2v) is 7.64. The summed E-state index contributed by atoms with van der Waals surface area (Å²) in [7, 11) is 3.32. The van der Waals surface area contributed by atoms with Gasteiger partial charge in [0.1, 0.15) is 24.7 Å². The lowest BCUT2D eigenvalue weighted by atomic mass is 9.82. The summed E-state index contributed by atoms with van der Waals surface area (Å²) in [4.78, 5) is 0. The van der Waals surface area contributed by atoms with Crippen LogP contribution in [-0.2, 0) is 26.0 Å². The molecule has 4 heteroatoms. The molecule has 0 amide bonds. The predicted octanol–water partition coefficient (Wildman–Crippen LogP) is 5.95. The van der Waals surface area contributed by atoms with Crippen molar-refractivity contribution in [1.82, 2.24) is 0 Å². The van der Waals surface area contributed by atoms with Crippen LogP contribution in [0.2, 0.25) is 0 Å². The highest BCUT2D eigenvalue weighted by molar-refractivity contribution is 5.43. The zero-order chi connectivity index (χ0) is 23.1. The first kappa shape index (κ1) is 26.5. The minimum atomic E-state index is -0.202. The Balaban J connectivity index is 3.17. The summed E-state index contributed by atoms with van der Waals surface area (Å²) in [5.74, 6) is 1.62. The number of allylic oxidation sites excluding steroid dienone is 6. The number of ether oxygens (including phenoxy) is 4. The molecule has 0 unspecified atom stereocenters. The normalized spacial score (nSPS) is 12.4. The van der Waals surface area contributed by atoms with Gasteiger partial charge in [0.25, 0.3) is 0 Å². The lowest BCUT2D eigenvalue weighted by molar-refractivity contribution is 0.113. The van der Waals surface area contributed by atoms with Crippen molar-refractivity contribution in [3.05, 3.63) is 90.8 Å². The summed E-state index contributed by atoms with van der Waals surface area (Å²) in [6, 6.07) is 6.33. The molecule has 0 aromatic heterocycles. The number of methoxy groups -OCH3 is 2. The SMILES string of the molecule is C=CCC(/C=C/C(C)(C)c1ccc(OCCOC)c(CC=C)c1)=C(/C=C)OCCOC. The Morgan fingerprint density at radius 2 is 1.68 bits per heavy atom. The van der Waals surface area contributed by atoms with Crippen LogP contribution in [-0.4, -0.2) is 40.6 Å². The van der Waals surface area contributed by atoms with Gasteiger partial charge in [-0.25, -0.2) is 0 Å². The maximum Gasteiger partial charge on any atom is 0.122 e. The largest absolute Gasteiger partial charge is 0.491 e. The highest BCUT2D eigenvalue weighted by Gasteiger charge is 2.19. The van der Waals surface area contributed by atoms with Gasteiger partial charge in [-0.05, 0) is 41.7 Å². The first-order valence-electron chi connectivity index (χ1n) is 10.6. The molecule has 31 heavy (non-hydrogen) atoms. The van der Waals surface area contributed by atoms with E-state index in [0.717, 1.165) is 29.1 Å². The van der Waals surface area contributed by atoms with Crippen molar-refractivity contribution in [3.8, 4) is 5.75 Å². The van der Waals surface area contributed by atoms with Crippen molar-refractivity contribution in [2.24, 2.45) is 0 Å². The van der Waals surface area contributed by atoms with E-state index in [9.17, 15) is 0 Å². The lowest BCUT2D eigenvalue weighted by Crippen LogP contribution is -2.15. The van der Waals surface area contributed by atoms with E-state index in [-0.39, 0.29) is 5.41 Å². The Labute approximate surface area is 188 Å². The fraction of sp³-hybridized carbons (Fsp3) is 0.407. The number of hydrogen-bond donors (Lipinski definition) is 0. The van der Waals surface area contributed by atoms with Crippen LogP contribution in [0.3, 0.4) is 0 Å². The third kappa shape index (κ3) is 8.99. The molecule has 0 atom stereocenters. The van der Waals surface area contributed by atoms with Gasteiger partial charge in [0.15, 0.2) is 0 Å². The van der Waals surface area contributed by atoms with Crippen molar-refractivity contribution in [2.75, 3.05) is 40.6 Å². The molecule has 0 heterocycles. The molecule has 0 aliphatic rings. The monoisotopic (exact) mass is 426 g/mol. The molecule has 1 aromatic carbocycles. The molecule has 4 nitrogen and oxygen atoms in total. The summed E-state index contributed by atoms with van der Waals surface area (Å²) in [6.07, 6.45) is 11.2. The molecule has 0 saturated heterocycles. The minimum absolute atomic E-state index is 0.202. The molecule has 1 rings (SSSR count). The summed E-state index contributed by atoms with van der Waals surface area (Å²) in [5, 5.41) is 0. The van der Waals surface area contributed by atoms with Gasteiger partial charge < -0.3 is 18.9 Å². The lowest BCUT2D eigenvalue weighted by Gasteiger charge is -2.23. The number of benzene rings is 1. The Hall–Kier alpha value is -2.56. The maximum atomic E-state index is 5.87. The van der Waals surface area contributed by atoms with Crippen LogP contribution in [0.1, 0.15) is 31.4 Å². The van der Waals surface area contributed by atoms with Crippen LogP contribution in [0, 0.1) is 0 Å². The molecule has 0 spiro atoms. The zero-order valence-corrected chi connectivity index (χ0v) is 19.6. The van der Waals surface area contributed by atoms with E-state index in [1.165, 1.54) is 5.56 Å². The van der Waals surface area contributed by atoms with Gasteiger partial charge in [-0.2, -0.15) is 0 Å². The average molecular weight is 427 g/mol. The van der Waals surface area contributed by atoms with Crippen LogP contribution >= 0.6 is 0 Å². The Kier molecular flexibility index (Phi) is 12.3. The van der Waals surface area contributed by atoms with Gasteiger partial charge in [0.05, 0.1) is 13.2 Å². The molecule has 0 aliphatic carbocycles. The topological polar surface area (TPSA) is 36.9 Å². The fourth-order valence-electron chi connectivity index (χ4n) is 3.00. The predicted molar refractivity (Wildman–Crippen MR) is 130 cm³/mol. The first-order valence-corrected chi connectivity index (χ1v) is 10.6. The van der Waals surface area contributed by atoms with E-state index in [2.05, 4.69) is 57.9 Å². The standard InChI is InChI=1S/C27H38O4/c1-8-11-22(25(10-3)30-19-17-28-6)15-16-27(4,5)24-13-14-26(31-20-18-29-7)23(21-24)12-9-2/h8-10,13-16,21H,1-3,11-12,17-20H2,4-7H3/b16-15+,25-22+. The van der Waals surface area contributed by atoms with Crippen molar-refractivity contribution in [1.29, 1.82) is 0 Å². The van der Waals surface area contributed by atoms with Crippen LogP contribution in [0.15, 0.2) is 79.6 Å². The Bertz CT molecular complexity index is 771. The molecule has 0 aliphatic heterocycles. The summed E-state index contributed by atoms with van der Waals surface area (Å²) < 4.78 is 21.9. The Morgan fingerprint density at radius 3 is 2.29 bits per heavy atom. The molecule has 0 fully saturated rings. The maximum absolute atomic E-state index is 5.87. The molecule has 170 valence electrons. The molecule has 0 bridgehead atoms. The molecule has 0 saturated carbocycles. The average Bonchev–Trinajstić information content (AvgIpc) is 2.76. The number of rotatable bonds is 16. The van der Waals surface area contributed by atoms with Crippen LogP contribution in [0.4, 0.5) is 0 Å². The highest BCUT2D eigenvalue weighted by atomic mass is 16.5. The van der Waals surface area contributed by atoms with Crippen molar-refractivity contribution < 1.29 is 18.9 Å². The first-order chi connectivity index (χ1) is 14.9. The fourth-order valence-corrected chi connectivity index (χ4v) is 3.00. The molecule has 0 N–H and O–H groups in total. The van der Waals surface area contributed by atoms with Gasteiger partial charge in [0, 0.05) is 19.6 Å².